The number of carbonyl (C=O) groups excluding carboxylic acids is 3. The van der Waals surface area contributed by atoms with Crippen molar-refractivity contribution in [2.24, 2.45) is 16.3 Å². The van der Waals surface area contributed by atoms with Crippen LogP contribution in [0.3, 0.4) is 0 Å². The summed E-state index contributed by atoms with van der Waals surface area (Å²) in [6, 6.07) is 4.81. The fraction of sp³-hybridized carbons (Fsp3) is 0.654. The van der Waals surface area contributed by atoms with Gasteiger partial charge in [-0.2, -0.15) is 0 Å². The summed E-state index contributed by atoms with van der Waals surface area (Å²) in [5.41, 5.74) is 16.0. The molecule has 0 aromatic heterocycles. The van der Waals surface area contributed by atoms with E-state index in [1.165, 1.54) is 17.7 Å². The number of likely N-dealkylation sites (tertiary alicyclic amines) is 1. The van der Waals surface area contributed by atoms with Crippen molar-refractivity contribution in [2.45, 2.75) is 63.8 Å². The van der Waals surface area contributed by atoms with E-state index in [-0.39, 0.29) is 24.8 Å². The molecule has 0 radical (unpaired) electrons. The lowest BCUT2D eigenvalue weighted by molar-refractivity contribution is -0.139. The summed E-state index contributed by atoms with van der Waals surface area (Å²) >= 11 is 0. The van der Waals surface area contributed by atoms with E-state index in [0.717, 1.165) is 37.9 Å². The first kappa shape index (κ1) is 25.5. The number of nitrogens with two attached hydrogens (primary N) is 1. The van der Waals surface area contributed by atoms with E-state index in [4.69, 9.17) is 16.0 Å². The number of ether oxygens (including phenoxy) is 1. The smallest absolute Gasteiger partial charge is 0.249 e. The molecule has 1 aromatic rings. The Hall–Kier alpha value is -3.14. The highest BCUT2D eigenvalue weighted by molar-refractivity contribution is 5.99. The summed E-state index contributed by atoms with van der Waals surface area (Å²) in [7, 11) is 0. The van der Waals surface area contributed by atoms with Gasteiger partial charge in [0.15, 0.2) is 5.78 Å². The predicted molar refractivity (Wildman–Crippen MR) is 137 cm³/mol. The number of primary amides is 1. The first-order chi connectivity index (χ1) is 17.6. The fourth-order valence-electron chi connectivity index (χ4n) is 6.16. The molecule has 0 unspecified atom stereocenters. The second-order valence-electron chi connectivity index (χ2n) is 11.6. The lowest BCUT2D eigenvalue weighted by Gasteiger charge is -2.38. The van der Waals surface area contributed by atoms with Crippen LogP contribution < -0.4 is 10.6 Å². The average molecular weight is 510 g/mol. The third-order valence-corrected chi connectivity index (χ3v) is 8.11. The lowest BCUT2D eigenvalue weighted by atomic mass is 9.73. The van der Waals surface area contributed by atoms with E-state index in [9.17, 15) is 14.4 Å². The third kappa shape index (κ3) is 4.79. The first-order valence-electron chi connectivity index (χ1n) is 13.0. The van der Waals surface area contributed by atoms with E-state index in [2.05, 4.69) is 19.8 Å². The van der Waals surface area contributed by atoms with Crippen molar-refractivity contribution >= 4 is 23.3 Å². The van der Waals surface area contributed by atoms with Crippen LogP contribution in [-0.4, -0.2) is 91.0 Å². The number of azide groups is 1. The molecule has 1 saturated carbocycles. The number of ketones is 1. The van der Waals surface area contributed by atoms with E-state index in [1.807, 2.05) is 32.9 Å². The molecule has 198 valence electrons. The average Bonchev–Trinajstić information content (AvgIpc) is 3.54. The number of piperazine rings is 1. The minimum Gasteiger partial charge on any atom is -0.369 e. The molecule has 1 aromatic carbocycles. The Kier molecular flexibility index (Phi) is 6.64. The molecule has 37 heavy (non-hydrogen) atoms. The first-order valence-corrected chi connectivity index (χ1v) is 13.0. The summed E-state index contributed by atoms with van der Waals surface area (Å²) in [6.45, 7) is 9.49. The van der Waals surface area contributed by atoms with Crippen LogP contribution in [0.25, 0.3) is 10.4 Å². The van der Waals surface area contributed by atoms with Crippen molar-refractivity contribution < 1.29 is 19.1 Å². The Bertz CT molecular complexity index is 1150. The molecular formula is C26H35N7O4. The summed E-state index contributed by atoms with van der Waals surface area (Å²) in [5, 5.41) is 3.80. The van der Waals surface area contributed by atoms with Gasteiger partial charge in [-0.05, 0) is 47.6 Å². The molecule has 0 spiro atoms. The van der Waals surface area contributed by atoms with Crippen molar-refractivity contribution in [1.82, 2.24) is 9.80 Å². The quantitative estimate of drug-likeness (QED) is 0.353. The zero-order valence-corrected chi connectivity index (χ0v) is 21.7. The largest absolute Gasteiger partial charge is 0.369 e. The van der Waals surface area contributed by atoms with Gasteiger partial charge in [-0.1, -0.05) is 25.9 Å². The Morgan fingerprint density at radius 1 is 1.19 bits per heavy atom. The summed E-state index contributed by atoms with van der Waals surface area (Å²) in [4.78, 5) is 48.7. The molecule has 0 bridgehead atoms. The zero-order chi connectivity index (χ0) is 26.5. The molecule has 11 nitrogen and oxygen atoms in total. The van der Waals surface area contributed by atoms with Crippen LogP contribution in [-0.2, 0) is 14.3 Å². The Balaban J connectivity index is 1.49. The number of amides is 2. The molecule has 2 N–H and O–H groups in total. The molecule has 3 heterocycles. The van der Waals surface area contributed by atoms with E-state index < -0.39 is 35.4 Å². The number of rotatable bonds is 6. The fourth-order valence-corrected chi connectivity index (χ4v) is 6.16. The molecule has 1 aliphatic carbocycles. The van der Waals surface area contributed by atoms with Gasteiger partial charge in [0, 0.05) is 54.9 Å². The monoisotopic (exact) mass is 509 g/mol. The highest BCUT2D eigenvalue weighted by atomic mass is 16.5. The summed E-state index contributed by atoms with van der Waals surface area (Å²) in [6.07, 6.45) is 1.90. The van der Waals surface area contributed by atoms with Crippen LogP contribution >= 0.6 is 0 Å². The van der Waals surface area contributed by atoms with E-state index >= 15 is 0 Å². The van der Waals surface area contributed by atoms with Crippen molar-refractivity contribution in [3.63, 3.8) is 0 Å². The van der Waals surface area contributed by atoms with Gasteiger partial charge in [0.1, 0.15) is 12.6 Å². The number of hydrogen-bond donors (Lipinski definition) is 1. The number of carbonyl (C=O) groups is 3. The van der Waals surface area contributed by atoms with Crippen molar-refractivity contribution in [2.75, 3.05) is 44.2 Å². The van der Waals surface area contributed by atoms with Crippen molar-refractivity contribution in [1.29, 1.82) is 0 Å². The predicted octanol–water partition coefficient (Wildman–Crippen LogP) is 2.06. The molecule has 11 heteroatoms. The second kappa shape index (κ2) is 9.63. The molecule has 3 aliphatic heterocycles. The Morgan fingerprint density at radius 3 is 2.49 bits per heavy atom. The molecular weight excluding hydrogens is 474 g/mol. The molecule has 2 amide bonds. The van der Waals surface area contributed by atoms with Gasteiger partial charge in [0.25, 0.3) is 0 Å². The second-order valence-corrected chi connectivity index (χ2v) is 11.6. The van der Waals surface area contributed by atoms with Gasteiger partial charge in [0.05, 0.1) is 18.1 Å². The maximum Gasteiger partial charge on any atom is 0.249 e. The van der Waals surface area contributed by atoms with E-state index in [0.29, 0.717) is 11.1 Å². The maximum atomic E-state index is 14.2. The van der Waals surface area contributed by atoms with Crippen LogP contribution in [0.4, 0.5) is 5.69 Å². The van der Waals surface area contributed by atoms with Crippen molar-refractivity contribution in [3.8, 4) is 0 Å². The number of benzene rings is 1. The highest BCUT2D eigenvalue weighted by Crippen LogP contribution is 2.42. The SMILES string of the molecule is CC(C)(C)[C@H](C(=O)N1C[C@H](N=[N+]=[N-])[C@H]2OCC(=O)[C@H]21)c1cc(N2CCN(C3CC3)CC2)ccc1C(N)=O. The molecule has 4 fully saturated rings. The molecule has 4 atom stereocenters. The van der Waals surface area contributed by atoms with Crippen LogP contribution in [0.5, 0.6) is 0 Å². The van der Waals surface area contributed by atoms with Crippen LogP contribution in [0.1, 0.15) is 55.5 Å². The van der Waals surface area contributed by atoms with Gasteiger partial charge in [-0.25, -0.2) is 0 Å². The normalized spacial score (nSPS) is 27.1. The number of Topliss-reactive ketones (excluding diaryl/α,β-unsaturated/α-hetero) is 1. The third-order valence-electron chi connectivity index (χ3n) is 8.11. The number of nitrogens with zero attached hydrogens (tertiary/aromatic N) is 6. The standard InChI is InChI=1S/C26H35N7O4/c1-26(2,3)21(25(36)33-13-19(29-30-28)23-22(33)20(34)14-37-23)18-12-16(6-7-17(18)24(27)35)32-10-8-31(9-11-32)15-4-5-15/h6-7,12,15,19,21-23H,4-5,8-11,13-14H2,1-3H3,(H2,27,35)/t19-,21-,22+,23+/m0/s1. The molecule has 5 rings (SSSR count). The number of fused-ring (bicyclic) bond motifs is 1. The van der Waals surface area contributed by atoms with Crippen LogP contribution in [0.2, 0.25) is 0 Å². The molecule has 4 aliphatic rings. The zero-order valence-electron chi connectivity index (χ0n) is 21.7. The van der Waals surface area contributed by atoms with Crippen molar-refractivity contribution in [3.05, 3.63) is 39.8 Å². The van der Waals surface area contributed by atoms with E-state index in [1.54, 1.807) is 6.07 Å². The van der Waals surface area contributed by atoms with Gasteiger partial charge in [0.2, 0.25) is 11.8 Å². The van der Waals surface area contributed by atoms with Gasteiger partial charge < -0.3 is 20.3 Å². The minimum atomic E-state index is -0.802. The highest BCUT2D eigenvalue weighted by Gasteiger charge is 2.54. The summed E-state index contributed by atoms with van der Waals surface area (Å²) < 4.78 is 5.60. The van der Waals surface area contributed by atoms with Gasteiger partial charge in [-0.3, -0.25) is 19.3 Å². The van der Waals surface area contributed by atoms with Crippen LogP contribution in [0, 0.1) is 5.41 Å². The summed E-state index contributed by atoms with van der Waals surface area (Å²) in [5.74, 6) is -1.86. The Labute approximate surface area is 216 Å². The molecule has 3 saturated heterocycles. The van der Waals surface area contributed by atoms with Gasteiger partial charge in [-0.15, -0.1) is 0 Å². The van der Waals surface area contributed by atoms with Crippen LogP contribution in [0.15, 0.2) is 23.3 Å². The van der Waals surface area contributed by atoms with Gasteiger partial charge >= 0.3 is 0 Å². The lowest BCUT2D eigenvalue weighted by Crippen LogP contribution is -2.48. The number of anilines is 1. The number of hydrogen-bond acceptors (Lipinski definition) is 7. The topological polar surface area (TPSA) is 145 Å². The minimum absolute atomic E-state index is 0.0886. The Morgan fingerprint density at radius 2 is 1.89 bits per heavy atom. The maximum absolute atomic E-state index is 14.2.